The fraction of sp³-hybridized carbons (Fsp3) is 0.435. The smallest absolute Gasteiger partial charge is 0.341 e. The lowest BCUT2D eigenvalue weighted by molar-refractivity contribution is -0.139. The third kappa shape index (κ3) is 5.05. The number of nitrogens with one attached hydrogen (secondary N) is 1. The van der Waals surface area contributed by atoms with Crippen molar-refractivity contribution in [2.24, 2.45) is 0 Å². The van der Waals surface area contributed by atoms with Gasteiger partial charge in [-0.1, -0.05) is 0 Å². The molecule has 0 saturated carbocycles. The van der Waals surface area contributed by atoms with Crippen molar-refractivity contribution in [1.82, 2.24) is 5.32 Å². The molecule has 0 bridgehead atoms. The number of benzene rings is 1. The topological polar surface area (TPSA) is 119 Å². The summed E-state index contributed by atoms with van der Waals surface area (Å²) in [7, 11) is 5.43. The van der Waals surface area contributed by atoms with Crippen molar-refractivity contribution in [3.05, 3.63) is 46.0 Å². The second-order valence-electron chi connectivity index (χ2n) is 6.77. The van der Waals surface area contributed by atoms with Crippen LogP contribution in [-0.2, 0) is 28.5 Å². The highest BCUT2D eigenvalue weighted by Gasteiger charge is 2.42. The Labute approximate surface area is 192 Å². The second kappa shape index (κ2) is 11.3. The Bertz CT molecular complexity index is 994. The van der Waals surface area contributed by atoms with E-state index in [9.17, 15) is 14.4 Å². The lowest BCUT2D eigenvalue weighted by Gasteiger charge is -2.31. The number of dihydropyridines is 1. The van der Waals surface area contributed by atoms with Gasteiger partial charge in [0.15, 0.2) is 0 Å². The van der Waals surface area contributed by atoms with E-state index in [0.717, 1.165) is 0 Å². The monoisotopic (exact) mass is 463 g/mol. The van der Waals surface area contributed by atoms with E-state index in [0.29, 0.717) is 11.3 Å². The molecule has 10 heteroatoms. The molecular formula is C23H29NO9. The maximum absolute atomic E-state index is 13.0. The zero-order valence-corrected chi connectivity index (χ0v) is 19.8. The van der Waals surface area contributed by atoms with E-state index in [4.69, 9.17) is 28.4 Å². The number of carbonyl (C=O) groups is 3. The molecule has 0 aliphatic carbocycles. The van der Waals surface area contributed by atoms with Crippen LogP contribution in [-0.4, -0.2) is 59.6 Å². The normalized spacial score (nSPS) is 15.4. The molecule has 0 aromatic heterocycles. The summed E-state index contributed by atoms with van der Waals surface area (Å²) in [6.45, 7) is 5.19. The molecule has 1 aromatic carbocycles. The molecule has 180 valence electrons. The minimum absolute atomic E-state index is 0.0206. The molecule has 1 aliphatic heterocycles. The zero-order chi connectivity index (χ0) is 24.7. The molecule has 0 spiro atoms. The van der Waals surface area contributed by atoms with Crippen LogP contribution in [0.1, 0.15) is 42.6 Å². The highest BCUT2D eigenvalue weighted by molar-refractivity contribution is 6.00. The molecule has 1 N–H and O–H groups in total. The summed E-state index contributed by atoms with van der Waals surface area (Å²) in [5.74, 6) is -2.51. The largest absolute Gasteiger partial charge is 0.496 e. The van der Waals surface area contributed by atoms with E-state index >= 15 is 0 Å². The highest BCUT2D eigenvalue weighted by atomic mass is 16.5. The Morgan fingerprint density at radius 3 is 1.88 bits per heavy atom. The summed E-state index contributed by atoms with van der Waals surface area (Å²) in [4.78, 5) is 38.5. The van der Waals surface area contributed by atoms with E-state index in [-0.39, 0.29) is 47.3 Å². The van der Waals surface area contributed by atoms with Gasteiger partial charge in [0.1, 0.15) is 22.6 Å². The van der Waals surface area contributed by atoms with Crippen molar-refractivity contribution in [3.8, 4) is 11.5 Å². The maximum Gasteiger partial charge on any atom is 0.341 e. The van der Waals surface area contributed by atoms with Gasteiger partial charge >= 0.3 is 17.9 Å². The molecule has 10 nitrogen and oxygen atoms in total. The Kier molecular flexibility index (Phi) is 8.72. The van der Waals surface area contributed by atoms with Crippen LogP contribution in [0.4, 0.5) is 0 Å². The minimum atomic E-state index is -1.04. The predicted octanol–water partition coefficient (Wildman–Crippen LogP) is 2.44. The average Bonchev–Trinajstić information content (AvgIpc) is 2.81. The van der Waals surface area contributed by atoms with Crippen LogP contribution in [0.3, 0.4) is 0 Å². The van der Waals surface area contributed by atoms with Gasteiger partial charge in [0.05, 0.1) is 53.1 Å². The van der Waals surface area contributed by atoms with Crippen LogP contribution < -0.4 is 14.8 Å². The Balaban J connectivity index is 2.93. The molecule has 33 heavy (non-hydrogen) atoms. The quantitative estimate of drug-likeness (QED) is 0.432. The van der Waals surface area contributed by atoms with Crippen molar-refractivity contribution in [2.45, 2.75) is 26.7 Å². The number of allylic oxidation sites excluding steroid dienone is 1. The summed E-state index contributed by atoms with van der Waals surface area (Å²) in [6.07, 6.45) is 0. The molecule has 1 unspecified atom stereocenters. The van der Waals surface area contributed by atoms with Gasteiger partial charge in [0.2, 0.25) is 5.88 Å². The van der Waals surface area contributed by atoms with Gasteiger partial charge in [-0.3, -0.25) is 0 Å². The van der Waals surface area contributed by atoms with E-state index in [1.807, 2.05) is 0 Å². The fourth-order valence-corrected chi connectivity index (χ4v) is 3.59. The SMILES string of the molecule is CCOC(=O)C1=C(C)NC(OC)=C(C(=O)OCC)C1c1cc(C(=O)OC)c(OC)cc1OC. The molecule has 0 fully saturated rings. The van der Waals surface area contributed by atoms with E-state index in [1.165, 1.54) is 40.6 Å². The molecular weight excluding hydrogens is 434 g/mol. The fourth-order valence-electron chi connectivity index (χ4n) is 3.59. The van der Waals surface area contributed by atoms with Crippen LogP contribution in [0.25, 0.3) is 0 Å². The Hall–Kier alpha value is -3.69. The minimum Gasteiger partial charge on any atom is -0.496 e. The van der Waals surface area contributed by atoms with Crippen LogP contribution in [0, 0.1) is 0 Å². The zero-order valence-electron chi connectivity index (χ0n) is 19.8. The number of ether oxygens (including phenoxy) is 6. The first-order chi connectivity index (χ1) is 15.8. The number of methoxy groups -OCH3 is 4. The predicted molar refractivity (Wildman–Crippen MR) is 117 cm³/mol. The molecule has 0 radical (unpaired) electrons. The van der Waals surface area contributed by atoms with E-state index in [1.54, 1.807) is 20.8 Å². The summed E-state index contributed by atoms with van der Waals surface area (Å²) in [6, 6.07) is 2.94. The summed E-state index contributed by atoms with van der Waals surface area (Å²) in [5, 5.41) is 2.93. The molecule has 0 saturated heterocycles. The Morgan fingerprint density at radius 1 is 0.818 bits per heavy atom. The van der Waals surface area contributed by atoms with E-state index < -0.39 is 23.8 Å². The first kappa shape index (κ1) is 25.6. The van der Waals surface area contributed by atoms with Gasteiger partial charge < -0.3 is 33.7 Å². The molecule has 1 heterocycles. The maximum atomic E-state index is 13.0. The van der Waals surface area contributed by atoms with Crippen LogP contribution in [0.2, 0.25) is 0 Å². The third-order valence-electron chi connectivity index (χ3n) is 4.99. The summed E-state index contributed by atoms with van der Waals surface area (Å²) in [5.41, 5.74) is 0.964. The van der Waals surface area contributed by atoms with Crippen molar-refractivity contribution in [2.75, 3.05) is 41.7 Å². The number of carbonyl (C=O) groups excluding carboxylic acids is 3. The van der Waals surface area contributed by atoms with Gasteiger partial charge in [-0.2, -0.15) is 0 Å². The first-order valence-electron chi connectivity index (χ1n) is 10.2. The molecule has 1 aromatic rings. The number of rotatable bonds is 9. The van der Waals surface area contributed by atoms with Gasteiger partial charge in [0.25, 0.3) is 0 Å². The molecule has 1 aliphatic rings. The van der Waals surface area contributed by atoms with Gasteiger partial charge in [0, 0.05) is 17.3 Å². The van der Waals surface area contributed by atoms with Gasteiger partial charge in [-0.15, -0.1) is 0 Å². The molecule has 2 rings (SSSR count). The standard InChI is InChI=1S/C23H29NO9/c1-8-32-22(26)17-12(3)24-20(30-6)19(23(27)33-9-2)18(17)13-10-14(21(25)31-7)16(29-5)11-15(13)28-4/h10-11,18,24H,8-9H2,1-7H3. The van der Waals surface area contributed by atoms with Crippen molar-refractivity contribution in [3.63, 3.8) is 0 Å². The Morgan fingerprint density at radius 2 is 1.39 bits per heavy atom. The third-order valence-corrected chi connectivity index (χ3v) is 4.99. The van der Waals surface area contributed by atoms with Crippen molar-refractivity contribution < 1.29 is 42.8 Å². The van der Waals surface area contributed by atoms with Crippen molar-refractivity contribution >= 4 is 17.9 Å². The van der Waals surface area contributed by atoms with Crippen LogP contribution in [0.5, 0.6) is 11.5 Å². The summed E-state index contributed by atoms with van der Waals surface area (Å²) >= 11 is 0. The molecule has 0 amide bonds. The number of esters is 3. The lowest BCUT2D eigenvalue weighted by Crippen LogP contribution is -2.34. The molecule has 1 atom stereocenters. The number of hydrogen-bond donors (Lipinski definition) is 1. The second-order valence-corrected chi connectivity index (χ2v) is 6.77. The first-order valence-corrected chi connectivity index (χ1v) is 10.2. The number of hydrogen-bond acceptors (Lipinski definition) is 10. The lowest BCUT2D eigenvalue weighted by atomic mass is 9.80. The van der Waals surface area contributed by atoms with Gasteiger partial charge in [-0.05, 0) is 26.8 Å². The van der Waals surface area contributed by atoms with Crippen LogP contribution in [0.15, 0.2) is 34.9 Å². The van der Waals surface area contributed by atoms with Crippen molar-refractivity contribution in [1.29, 1.82) is 0 Å². The highest BCUT2D eigenvalue weighted by Crippen LogP contribution is 2.45. The summed E-state index contributed by atoms with van der Waals surface area (Å²) < 4.78 is 31.7. The van der Waals surface area contributed by atoms with E-state index in [2.05, 4.69) is 5.32 Å². The van der Waals surface area contributed by atoms with Crippen LogP contribution >= 0.6 is 0 Å². The average molecular weight is 463 g/mol. The van der Waals surface area contributed by atoms with Gasteiger partial charge in [-0.25, -0.2) is 14.4 Å².